The molecular formula is C19H26N4O3. The van der Waals surface area contributed by atoms with Crippen LogP contribution < -0.4 is 11.1 Å². The van der Waals surface area contributed by atoms with Crippen LogP contribution in [0.3, 0.4) is 0 Å². The lowest BCUT2D eigenvalue weighted by Gasteiger charge is -2.35. The summed E-state index contributed by atoms with van der Waals surface area (Å²) in [5, 5.41) is 2.79. The zero-order chi connectivity index (χ0) is 18.7. The molecule has 1 saturated heterocycles. The number of carbonyl (C=O) groups is 3. The van der Waals surface area contributed by atoms with Crippen LogP contribution in [-0.4, -0.2) is 53.3 Å². The normalized spacial score (nSPS) is 19.3. The highest BCUT2D eigenvalue weighted by atomic mass is 16.2. The molecule has 0 unspecified atom stereocenters. The summed E-state index contributed by atoms with van der Waals surface area (Å²) in [4.78, 5) is 40.2. The van der Waals surface area contributed by atoms with Crippen LogP contribution in [0.4, 0.5) is 10.5 Å². The number of hydrogen-bond donors (Lipinski definition) is 2. The molecule has 0 atom stereocenters. The predicted octanol–water partition coefficient (Wildman–Crippen LogP) is 1.52. The second-order valence-corrected chi connectivity index (χ2v) is 7.17. The Kier molecular flexibility index (Phi) is 5.15. The molecule has 1 aromatic rings. The van der Waals surface area contributed by atoms with E-state index in [0.717, 1.165) is 29.7 Å². The first kappa shape index (κ1) is 18.2. The molecule has 0 radical (unpaired) electrons. The van der Waals surface area contributed by atoms with Crippen molar-refractivity contribution < 1.29 is 14.4 Å². The van der Waals surface area contributed by atoms with Crippen LogP contribution in [0.5, 0.6) is 0 Å². The quantitative estimate of drug-likeness (QED) is 0.616. The molecule has 1 aliphatic carbocycles. The summed E-state index contributed by atoms with van der Waals surface area (Å²) >= 11 is 0. The van der Waals surface area contributed by atoms with E-state index in [4.69, 9.17) is 5.73 Å². The van der Waals surface area contributed by atoms with Crippen molar-refractivity contribution in [2.75, 3.05) is 25.9 Å². The molecular weight excluding hydrogens is 332 g/mol. The minimum absolute atomic E-state index is 0.217. The molecule has 1 aliphatic heterocycles. The smallest absolute Gasteiger partial charge is 0.327 e. The highest BCUT2D eigenvalue weighted by Crippen LogP contribution is 2.39. The van der Waals surface area contributed by atoms with Crippen molar-refractivity contribution in [1.82, 2.24) is 15.1 Å². The van der Waals surface area contributed by atoms with Crippen LogP contribution in [0.1, 0.15) is 37.7 Å². The molecule has 2 fully saturated rings. The topological polar surface area (TPSA) is 95.7 Å². The van der Waals surface area contributed by atoms with Crippen LogP contribution >= 0.6 is 0 Å². The van der Waals surface area contributed by atoms with E-state index in [1.165, 1.54) is 4.90 Å². The van der Waals surface area contributed by atoms with E-state index in [9.17, 15) is 14.4 Å². The molecule has 7 nitrogen and oxygen atoms in total. The molecule has 1 spiro atoms. The van der Waals surface area contributed by atoms with Gasteiger partial charge < -0.3 is 16.0 Å². The molecule has 1 heterocycles. The Bertz CT molecular complexity index is 695. The largest absolute Gasteiger partial charge is 0.399 e. The number of likely N-dealkylation sites (N-methyl/N-ethyl adjacent to an activating group) is 1. The van der Waals surface area contributed by atoms with Crippen molar-refractivity contribution in [2.24, 2.45) is 0 Å². The fraction of sp³-hybridized carbons (Fsp3) is 0.526. The average molecular weight is 358 g/mol. The molecule has 0 bridgehead atoms. The van der Waals surface area contributed by atoms with Gasteiger partial charge in [-0.25, -0.2) is 4.79 Å². The maximum atomic E-state index is 12.8. The highest BCUT2D eigenvalue weighted by Gasteiger charge is 2.55. The predicted molar refractivity (Wildman–Crippen MR) is 98.3 cm³/mol. The van der Waals surface area contributed by atoms with Crippen LogP contribution in [0.2, 0.25) is 0 Å². The number of nitrogens with zero attached hydrogens (tertiary/aromatic N) is 2. The fourth-order valence-corrected chi connectivity index (χ4v) is 3.90. The molecule has 1 aromatic carbocycles. The van der Waals surface area contributed by atoms with E-state index < -0.39 is 5.54 Å². The van der Waals surface area contributed by atoms with E-state index in [2.05, 4.69) is 5.32 Å². The van der Waals surface area contributed by atoms with Crippen molar-refractivity contribution in [2.45, 2.75) is 44.1 Å². The molecule has 7 heteroatoms. The number of urea groups is 1. The first-order valence-corrected chi connectivity index (χ1v) is 9.15. The number of anilines is 1. The van der Waals surface area contributed by atoms with Gasteiger partial charge in [-0.3, -0.25) is 14.5 Å². The van der Waals surface area contributed by atoms with E-state index in [1.54, 1.807) is 7.05 Å². The van der Waals surface area contributed by atoms with E-state index in [0.29, 0.717) is 31.5 Å². The van der Waals surface area contributed by atoms with Crippen molar-refractivity contribution >= 4 is 23.5 Å². The third kappa shape index (κ3) is 3.38. The van der Waals surface area contributed by atoms with Gasteiger partial charge in [-0.15, -0.1) is 0 Å². The van der Waals surface area contributed by atoms with Gasteiger partial charge in [0.2, 0.25) is 5.91 Å². The molecule has 2 aliphatic rings. The van der Waals surface area contributed by atoms with Gasteiger partial charge >= 0.3 is 6.03 Å². The first-order valence-electron chi connectivity index (χ1n) is 9.15. The number of amides is 4. The van der Waals surface area contributed by atoms with Gasteiger partial charge in [-0.2, -0.15) is 0 Å². The number of hydrogen-bond acceptors (Lipinski definition) is 4. The van der Waals surface area contributed by atoms with Crippen LogP contribution in [0, 0.1) is 0 Å². The Morgan fingerprint density at radius 3 is 2.46 bits per heavy atom. The highest BCUT2D eigenvalue weighted by molar-refractivity contribution is 6.08. The fourth-order valence-electron chi connectivity index (χ4n) is 3.90. The maximum Gasteiger partial charge on any atom is 0.327 e. The van der Waals surface area contributed by atoms with Gasteiger partial charge in [-0.1, -0.05) is 31.4 Å². The Morgan fingerprint density at radius 1 is 1.15 bits per heavy atom. The lowest BCUT2D eigenvalue weighted by molar-refractivity contribution is -0.137. The van der Waals surface area contributed by atoms with Crippen LogP contribution in [0.25, 0.3) is 0 Å². The molecule has 0 aromatic heterocycles. The van der Waals surface area contributed by atoms with Crippen molar-refractivity contribution in [3.05, 3.63) is 29.8 Å². The summed E-state index contributed by atoms with van der Waals surface area (Å²) in [6, 6.07) is 7.09. The Morgan fingerprint density at radius 2 is 1.81 bits per heavy atom. The second kappa shape index (κ2) is 7.35. The molecule has 3 rings (SSSR count). The maximum absolute atomic E-state index is 12.8. The minimum Gasteiger partial charge on any atom is -0.399 e. The van der Waals surface area contributed by atoms with Crippen molar-refractivity contribution in [3.63, 3.8) is 0 Å². The second-order valence-electron chi connectivity index (χ2n) is 7.17. The monoisotopic (exact) mass is 358 g/mol. The zero-order valence-corrected chi connectivity index (χ0v) is 15.2. The lowest BCUT2D eigenvalue weighted by atomic mass is 9.81. The Hall–Kier alpha value is -2.57. The first-order chi connectivity index (χ1) is 12.4. The van der Waals surface area contributed by atoms with Gasteiger partial charge in [0, 0.05) is 19.3 Å². The average Bonchev–Trinajstić information content (AvgIpc) is 2.80. The molecule has 4 amide bonds. The summed E-state index contributed by atoms with van der Waals surface area (Å²) < 4.78 is 0. The molecule has 26 heavy (non-hydrogen) atoms. The third-order valence-corrected chi connectivity index (χ3v) is 5.50. The summed E-state index contributed by atoms with van der Waals surface area (Å²) in [6.07, 6.45) is 4.99. The number of nitrogens with one attached hydrogen (secondary N) is 1. The van der Waals surface area contributed by atoms with Crippen LogP contribution in [-0.2, 0) is 16.0 Å². The van der Waals surface area contributed by atoms with Gasteiger partial charge in [0.1, 0.15) is 12.1 Å². The molecule has 3 N–H and O–H groups in total. The summed E-state index contributed by atoms with van der Waals surface area (Å²) in [7, 11) is 1.67. The van der Waals surface area contributed by atoms with Crippen molar-refractivity contribution in [1.29, 1.82) is 0 Å². The number of nitrogen functional groups attached to an aromatic ring is 1. The molecule has 140 valence electrons. The third-order valence-electron chi connectivity index (χ3n) is 5.50. The van der Waals surface area contributed by atoms with E-state index in [-0.39, 0.29) is 24.4 Å². The van der Waals surface area contributed by atoms with Crippen molar-refractivity contribution in [3.8, 4) is 0 Å². The van der Waals surface area contributed by atoms with Crippen LogP contribution in [0.15, 0.2) is 24.3 Å². The number of nitrogens with two attached hydrogens (primary N) is 1. The summed E-state index contributed by atoms with van der Waals surface area (Å²) in [5.74, 6) is -0.540. The number of benzene rings is 1. The van der Waals surface area contributed by atoms with Gasteiger partial charge in [0.05, 0.1) is 0 Å². The standard InChI is InChI=1S/C19H26N4O3/c1-22-18(26)23(17(25)19(22)10-3-2-4-11-19)13-16(24)21-12-9-14-5-7-15(20)8-6-14/h5-8H,2-4,9-13,20H2,1H3,(H,21,24). The van der Waals surface area contributed by atoms with E-state index >= 15 is 0 Å². The number of carbonyl (C=O) groups excluding carboxylic acids is 3. The summed E-state index contributed by atoms with van der Waals surface area (Å²) in [5.41, 5.74) is 6.67. The van der Waals surface area contributed by atoms with Gasteiger partial charge in [0.25, 0.3) is 5.91 Å². The van der Waals surface area contributed by atoms with Gasteiger partial charge in [-0.05, 0) is 37.0 Å². The minimum atomic E-state index is -0.737. The number of imide groups is 1. The Balaban J connectivity index is 1.54. The summed E-state index contributed by atoms with van der Waals surface area (Å²) in [6.45, 7) is 0.228. The number of rotatable bonds is 5. The lowest BCUT2D eigenvalue weighted by Crippen LogP contribution is -2.49. The van der Waals surface area contributed by atoms with Gasteiger partial charge in [0.15, 0.2) is 0 Å². The van der Waals surface area contributed by atoms with E-state index in [1.807, 2.05) is 24.3 Å². The Labute approximate surface area is 153 Å². The zero-order valence-electron chi connectivity index (χ0n) is 15.2. The molecule has 1 saturated carbocycles. The SMILES string of the molecule is CN1C(=O)N(CC(=O)NCCc2ccc(N)cc2)C(=O)C12CCCCC2.